The number of urea groups is 1. The molecule has 1 atom stereocenters. The van der Waals surface area contributed by atoms with E-state index in [1.165, 1.54) is 11.3 Å². The zero-order valence-corrected chi connectivity index (χ0v) is 20.5. The molecule has 0 bridgehead atoms. The maximum atomic E-state index is 12.8. The molecule has 3 rings (SSSR count). The van der Waals surface area contributed by atoms with Gasteiger partial charge in [-0.25, -0.2) is 9.78 Å². The molecule has 1 heterocycles. The summed E-state index contributed by atoms with van der Waals surface area (Å²) in [5.74, 6) is -0.266. The number of hydrogen-bond donors (Lipinski definition) is 2. The molecule has 0 spiro atoms. The first kappa shape index (κ1) is 25.0. The highest BCUT2D eigenvalue weighted by Crippen LogP contribution is 2.25. The van der Waals surface area contributed by atoms with Crippen LogP contribution in [0.15, 0.2) is 53.9 Å². The van der Waals surface area contributed by atoms with Gasteiger partial charge in [0.25, 0.3) is 5.91 Å². The summed E-state index contributed by atoms with van der Waals surface area (Å²) in [6.07, 6.45) is 0. The lowest BCUT2D eigenvalue weighted by atomic mass is 10.1. The fourth-order valence-electron chi connectivity index (χ4n) is 2.98. The Morgan fingerprint density at radius 3 is 2.61 bits per heavy atom. The predicted octanol–water partition coefficient (Wildman–Crippen LogP) is 5.62. The minimum absolute atomic E-state index is 0.154. The average molecular weight is 507 g/mol. The maximum absolute atomic E-state index is 12.8. The van der Waals surface area contributed by atoms with E-state index in [-0.39, 0.29) is 24.5 Å². The molecule has 0 aliphatic carbocycles. The number of benzene rings is 2. The summed E-state index contributed by atoms with van der Waals surface area (Å²) in [6, 6.07) is 14.1. The molecule has 3 amide bonds. The van der Waals surface area contributed by atoms with Crippen molar-refractivity contribution in [2.24, 2.45) is 0 Å². The van der Waals surface area contributed by atoms with E-state index in [2.05, 4.69) is 15.6 Å². The van der Waals surface area contributed by atoms with E-state index < -0.39 is 0 Å². The number of rotatable bonds is 9. The summed E-state index contributed by atoms with van der Waals surface area (Å²) >= 11 is 13.3. The number of halogens is 2. The Balaban J connectivity index is 1.65. The topological polar surface area (TPSA) is 83.6 Å². The highest BCUT2D eigenvalue weighted by atomic mass is 35.5. The van der Waals surface area contributed by atoms with E-state index in [9.17, 15) is 9.59 Å². The Bertz CT molecular complexity index is 1090. The minimum Gasteiger partial charge on any atom is -0.383 e. The van der Waals surface area contributed by atoms with Gasteiger partial charge < -0.3 is 20.3 Å². The third-order valence-corrected chi connectivity index (χ3v) is 6.35. The number of anilines is 1. The van der Waals surface area contributed by atoms with E-state index in [4.69, 9.17) is 27.9 Å². The van der Waals surface area contributed by atoms with E-state index in [1.54, 1.807) is 35.6 Å². The van der Waals surface area contributed by atoms with Crippen molar-refractivity contribution in [3.63, 3.8) is 0 Å². The standard InChI is InChI=1S/C23H24Cl2N4O3S/c1-15(16-6-4-3-5-7-16)26-22(30)20-14-33-21(28-20)13-29(10-11-32-2)23(31)27-17-8-9-18(24)19(25)12-17/h3-9,12,14-15H,10-11,13H2,1-2H3,(H,26,30)(H,27,31). The van der Waals surface area contributed by atoms with Crippen LogP contribution >= 0.6 is 34.5 Å². The number of nitrogens with one attached hydrogen (secondary N) is 2. The Labute approximate surface area is 206 Å². The van der Waals surface area contributed by atoms with Crippen LogP contribution in [-0.4, -0.2) is 42.1 Å². The molecule has 7 nitrogen and oxygen atoms in total. The van der Waals surface area contributed by atoms with Crippen LogP contribution < -0.4 is 10.6 Å². The number of amides is 3. The normalized spacial score (nSPS) is 11.6. The number of hydrogen-bond acceptors (Lipinski definition) is 5. The summed E-state index contributed by atoms with van der Waals surface area (Å²) in [4.78, 5) is 31.5. The minimum atomic E-state index is -0.343. The van der Waals surface area contributed by atoms with Crippen molar-refractivity contribution in [3.05, 3.63) is 80.2 Å². The first-order valence-electron chi connectivity index (χ1n) is 10.2. The van der Waals surface area contributed by atoms with Gasteiger partial charge >= 0.3 is 6.03 Å². The van der Waals surface area contributed by atoms with Crippen molar-refractivity contribution >= 4 is 52.2 Å². The molecule has 0 saturated carbocycles. The van der Waals surface area contributed by atoms with E-state index in [0.29, 0.717) is 39.6 Å². The van der Waals surface area contributed by atoms with Gasteiger partial charge in [-0.2, -0.15) is 0 Å². The van der Waals surface area contributed by atoms with Crippen molar-refractivity contribution in [2.75, 3.05) is 25.6 Å². The molecule has 0 aliphatic heterocycles. The van der Waals surface area contributed by atoms with E-state index in [1.807, 2.05) is 37.3 Å². The van der Waals surface area contributed by atoms with Gasteiger partial charge in [0, 0.05) is 24.7 Å². The summed E-state index contributed by atoms with van der Waals surface area (Å²) in [5.41, 5.74) is 1.84. The largest absolute Gasteiger partial charge is 0.383 e. The monoisotopic (exact) mass is 506 g/mol. The third kappa shape index (κ3) is 7.17. The van der Waals surface area contributed by atoms with Crippen LogP contribution in [0.4, 0.5) is 10.5 Å². The van der Waals surface area contributed by atoms with E-state index in [0.717, 1.165) is 5.56 Å². The summed E-state index contributed by atoms with van der Waals surface area (Å²) in [6.45, 7) is 2.83. The zero-order chi connectivity index (χ0) is 23.8. The Hall–Kier alpha value is -2.65. The van der Waals surface area contributed by atoms with Gasteiger partial charge in [0.1, 0.15) is 10.7 Å². The quantitative estimate of drug-likeness (QED) is 0.394. The second kappa shape index (κ2) is 12.0. The highest BCUT2D eigenvalue weighted by molar-refractivity contribution is 7.09. The van der Waals surface area contributed by atoms with Gasteiger partial charge in [-0.15, -0.1) is 11.3 Å². The fraction of sp³-hybridized carbons (Fsp3) is 0.261. The predicted molar refractivity (Wildman–Crippen MR) is 132 cm³/mol. The Kier molecular flexibility index (Phi) is 9.08. The van der Waals surface area contributed by atoms with Crippen LogP contribution in [0.5, 0.6) is 0 Å². The molecule has 174 valence electrons. The SMILES string of the molecule is COCCN(Cc1nc(C(=O)NC(C)c2ccccc2)cs1)C(=O)Nc1ccc(Cl)c(Cl)c1. The number of carbonyl (C=O) groups is 2. The van der Waals surface area contributed by atoms with Crippen LogP contribution in [0.1, 0.15) is 34.0 Å². The molecule has 0 radical (unpaired) electrons. The molecule has 2 aromatic carbocycles. The molecule has 33 heavy (non-hydrogen) atoms. The molecule has 1 unspecified atom stereocenters. The maximum Gasteiger partial charge on any atom is 0.322 e. The van der Waals surface area contributed by atoms with Gasteiger partial charge in [0.05, 0.1) is 29.2 Å². The number of methoxy groups -OCH3 is 1. The number of aromatic nitrogens is 1. The molecule has 1 aromatic heterocycles. The summed E-state index contributed by atoms with van der Waals surface area (Å²) < 4.78 is 5.13. The molecular weight excluding hydrogens is 483 g/mol. The molecule has 0 aliphatic rings. The van der Waals surface area contributed by atoms with Crippen molar-refractivity contribution in [2.45, 2.75) is 19.5 Å². The second-order valence-corrected chi connectivity index (χ2v) is 8.96. The summed E-state index contributed by atoms with van der Waals surface area (Å²) in [5, 5.41) is 8.82. The Morgan fingerprint density at radius 1 is 1.15 bits per heavy atom. The van der Waals surface area contributed by atoms with Crippen molar-refractivity contribution in [3.8, 4) is 0 Å². The van der Waals surface area contributed by atoms with Gasteiger partial charge in [-0.3, -0.25) is 4.79 Å². The molecule has 3 aromatic rings. The van der Waals surface area contributed by atoms with Crippen LogP contribution in [0.3, 0.4) is 0 Å². The fourth-order valence-corrected chi connectivity index (χ4v) is 4.06. The number of nitrogens with zero attached hydrogens (tertiary/aromatic N) is 2. The van der Waals surface area contributed by atoms with Crippen LogP contribution in [0.2, 0.25) is 10.0 Å². The lowest BCUT2D eigenvalue weighted by Crippen LogP contribution is -2.36. The van der Waals surface area contributed by atoms with Crippen molar-refractivity contribution < 1.29 is 14.3 Å². The van der Waals surface area contributed by atoms with Crippen molar-refractivity contribution in [1.29, 1.82) is 0 Å². The Morgan fingerprint density at radius 2 is 1.91 bits per heavy atom. The first-order chi connectivity index (χ1) is 15.9. The number of ether oxygens (including phenoxy) is 1. The van der Waals surface area contributed by atoms with Crippen LogP contribution in [0.25, 0.3) is 0 Å². The third-order valence-electron chi connectivity index (χ3n) is 4.78. The molecule has 2 N–H and O–H groups in total. The smallest absolute Gasteiger partial charge is 0.322 e. The van der Waals surface area contributed by atoms with E-state index >= 15 is 0 Å². The number of carbonyl (C=O) groups excluding carboxylic acids is 2. The zero-order valence-electron chi connectivity index (χ0n) is 18.2. The summed E-state index contributed by atoms with van der Waals surface area (Å²) in [7, 11) is 1.56. The molecule has 10 heteroatoms. The molecular formula is C23H24Cl2N4O3S. The van der Waals surface area contributed by atoms with Gasteiger partial charge in [0.15, 0.2) is 0 Å². The van der Waals surface area contributed by atoms with Crippen molar-refractivity contribution in [1.82, 2.24) is 15.2 Å². The number of thiazole rings is 1. The lowest BCUT2D eigenvalue weighted by molar-refractivity contribution is 0.0935. The van der Waals surface area contributed by atoms with Gasteiger partial charge in [-0.05, 0) is 30.7 Å². The van der Waals surface area contributed by atoms with Crippen LogP contribution in [0, 0.1) is 0 Å². The second-order valence-electron chi connectivity index (χ2n) is 7.21. The molecule has 0 saturated heterocycles. The first-order valence-corrected chi connectivity index (χ1v) is 11.8. The van der Waals surface area contributed by atoms with Crippen LogP contribution in [-0.2, 0) is 11.3 Å². The van der Waals surface area contributed by atoms with Gasteiger partial charge in [0.2, 0.25) is 0 Å². The molecule has 0 fully saturated rings. The highest BCUT2D eigenvalue weighted by Gasteiger charge is 2.19. The average Bonchev–Trinajstić information content (AvgIpc) is 3.28. The lowest BCUT2D eigenvalue weighted by Gasteiger charge is -2.22. The van der Waals surface area contributed by atoms with Gasteiger partial charge in [-0.1, -0.05) is 53.5 Å².